The van der Waals surface area contributed by atoms with Crippen LogP contribution in [0.15, 0.2) is 28.7 Å². The fourth-order valence-electron chi connectivity index (χ4n) is 2.23. The third kappa shape index (κ3) is 2.94. The highest BCUT2D eigenvalue weighted by Crippen LogP contribution is 2.25. The van der Waals surface area contributed by atoms with E-state index in [0.29, 0.717) is 0 Å². The van der Waals surface area contributed by atoms with Gasteiger partial charge in [-0.15, -0.1) is 0 Å². The molecule has 0 spiro atoms. The Morgan fingerprint density at radius 1 is 1.17 bits per heavy atom. The zero-order valence-corrected chi connectivity index (χ0v) is 11.6. The van der Waals surface area contributed by atoms with Crippen molar-refractivity contribution in [2.75, 3.05) is 6.54 Å². The highest BCUT2D eigenvalue weighted by Gasteiger charge is 2.10. The SMILES string of the molecule is CCCNC(C)c1cc2cc(CCC)ccc2o1. The van der Waals surface area contributed by atoms with Crippen molar-refractivity contribution < 1.29 is 4.42 Å². The number of furan rings is 1. The molecular formula is C16H23NO. The average Bonchev–Trinajstić information content (AvgIpc) is 2.79. The zero-order chi connectivity index (χ0) is 13.0. The lowest BCUT2D eigenvalue weighted by Crippen LogP contribution is -2.18. The van der Waals surface area contributed by atoms with Crippen molar-refractivity contribution >= 4 is 11.0 Å². The third-order valence-electron chi connectivity index (χ3n) is 3.27. The van der Waals surface area contributed by atoms with Gasteiger partial charge >= 0.3 is 0 Å². The predicted molar refractivity (Wildman–Crippen MR) is 76.9 cm³/mol. The number of aryl methyl sites for hydroxylation is 1. The van der Waals surface area contributed by atoms with Gasteiger partial charge in [0.15, 0.2) is 0 Å². The van der Waals surface area contributed by atoms with Crippen molar-refractivity contribution in [3.8, 4) is 0 Å². The Morgan fingerprint density at radius 2 is 2.00 bits per heavy atom. The van der Waals surface area contributed by atoms with E-state index in [1.54, 1.807) is 0 Å². The van der Waals surface area contributed by atoms with Crippen molar-refractivity contribution in [3.05, 3.63) is 35.6 Å². The second-order valence-electron chi connectivity index (χ2n) is 4.95. The van der Waals surface area contributed by atoms with Gasteiger partial charge in [-0.05, 0) is 50.1 Å². The van der Waals surface area contributed by atoms with Gasteiger partial charge in [-0.3, -0.25) is 0 Å². The maximum absolute atomic E-state index is 5.90. The lowest BCUT2D eigenvalue weighted by Gasteiger charge is -2.09. The number of hydrogen-bond donors (Lipinski definition) is 1. The minimum absolute atomic E-state index is 0.284. The molecular weight excluding hydrogens is 222 g/mol. The molecule has 18 heavy (non-hydrogen) atoms. The largest absolute Gasteiger partial charge is 0.459 e. The molecule has 2 rings (SSSR count). The summed E-state index contributed by atoms with van der Waals surface area (Å²) in [4.78, 5) is 0. The van der Waals surface area contributed by atoms with Crippen LogP contribution in [-0.2, 0) is 6.42 Å². The van der Waals surface area contributed by atoms with Gasteiger partial charge in [0.05, 0.1) is 6.04 Å². The van der Waals surface area contributed by atoms with E-state index in [0.717, 1.165) is 30.7 Å². The normalized spacial score (nSPS) is 13.1. The Labute approximate surface area is 109 Å². The number of fused-ring (bicyclic) bond motifs is 1. The van der Waals surface area contributed by atoms with E-state index in [1.807, 2.05) is 0 Å². The average molecular weight is 245 g/mol. The van der Waals surface area contributed by atoms with Gasteiger partial charge in [-0.2, -0.15) is 0 Å². The lowest BCUT2D eigenvalue weighted by molar-refractivity contribution is 0.452. The summed E-state index contributed by atoms with van der Waals surface area (Å²) < 4.78 is 5.90. The van der Waals surface area contributed by atoms with Gasteiger partial charge < -0.3 is 9.73 Å². The molecule has 0 aliphatic rings. The molecule has 0 bridgehead atoms. The summed E-state index contributed by atoms with van der Waals surface area (Å²) in [7, 11) is 0. The van der Waals surface area contributed by atoms with Crippen LogP contribution in [0, 0.1) is 0 Å². The number of benzene rings is 1. The molecule has 0 saturated carbocycles. The summed E-state index contributed by atoms with van der Waals surface area (Å²) in [5, 5.41) is 4.68. The zero-order valence-electron chi connectivity index (χ0n) is 11.6. The highest BCUT2D eigenvalue weighted by atomic mass is 16.3. The maximum Gasteiger partial charge on any atom is 0.134 e. The summed E-state index contributed by atoms with van der Waals surface area (Å²) in [6, 6.07) is 8.96. The van der Waals surface area contributed by atoms with Crippen LogP contribution in [0.5, 0.6) is 0 Å². The van der Waals surface area contributed by atoms with Gasteiger partial charge in [0.1, 0.15) is 11.3 Å². The first-order valence-corrected chi connectivity index (χ1v) is 7.00. The van der Waals surface area contributed by atoms with Crippen LogP contribution in [0.2, 0.25) is 0 Å². The van der Waals surface area contributed by atoms with Crippen molar-refractivity contribution in [3.63, 3.8) is 0 Å². The first kappa shape index (κ1) is 13.2. The summed E-state index contributed by atoms with van der Waals surface area (Å²) in [6.45, 7) is 7.57. The van der Waals surface area contributed by atoms with E-state index in [4.69, 9.17) is 4.42 Å². The predicted octanol–water partition coefficient (Wildman–Crippen LogP) is 4.45. The third-order valence-corrected chi connectivity index (χ3v) is 3.27. The summed E-state index contributed by atoms with van der Waals surface area (Å²) in [6.07, 6.45) is 3.47. The minimum atomic E-state index is 0.284. The van der Waals surface area contributed by atoms with Gasteiger partial charge in [0.2, 0.25) is 0 Å². The van der Waals surface area contributed by atoms with E-state index < -0.39 is 0 Å². The summed E-state index contributed by atoms with van der Waals surface area (Å²) >= 11 is 0. The molecule has 0 saturated heterocycles. The summed E-state index contributed by atoms with van der Waals surface area (Å²) in [5.41, 5.74) is 2.39. The molecule has 0 amide bonds. The fraction of sp³-hybridized carbons (Fsp3) is 0.500. The molecule has 2 aromatic rings. The van der Waals surface area contributed by atoms with Crippen LogP contribution in [0.4, 0.5) is 0 Å². The van der Waals surface area contributed by atoms with E-state index in [1.165, 1.54) is 17.4 Å². The lowest BCUT2D eigenvalue weighted by atomic mass is 10.1. The molecule has 1 aromatic heterocycles. The molecule has 1 atom stereocenters. The van der Waals surface area contributed by atoms with Crippen LogP contribution in [0.3, 0.4) is 0 Å². The maximum atomic E-state index is 5.90. The van der Waals surface area contributed by atoms with Gasteiger partial charge in [0.25, 0.3) is 0 Å². The Bertz CT molecular complexity index is 501. The quantitative estimate of drug-likeness (QED) is 0.813. The van der Waals surface area contributed by atoms with E-state index >= 15 is 0 Å². The Morgan fingerprint density at radius 3 is 2.72 bits per heavy atom. The van der Waals surface area contributed by atoms with Crippen LogP contribution >= 0.6 is 0 Å². The van der Waals surface area contributed by atoms with Gasteiger partial charge in [-0.25, -0.2) is 0 Å². The molecule has 0 aliphatic heterocycles. The number of nitrogens with one attached hydrogen (secondary N) is 1. The van der Waals surface area contributed by atoms with E-state index in [-0.39, 0.29) is 6.04 Å². The van der Waals surface area contributed by atoms with Gasteiger partial charge in [-0.1, -0.05) is 26.3 Å². The van der Waals surface area contributed by atoms with Crippen LogP contribution in [-0.4, -0.2) is 6.54 Å². The second-order valence-corrected chi connectivity index (χ2v) is 4.95. The van der Waals surface area contributed by atoms with Crippen molar-refractivity contribution in [2.24, 2.45) is 0 Å². The first-order chi connectivity index (χ1) is 8.74. The Balaban J connectivity index is 2.21. The molecule has 0 aliphatic carbocycles. The molecule has 0 fully saturated rings. The van der Waals surface area contributed by atoms with Crippen molar-refractivity contribution in [1.82, 2.24) is 5.32 Å². The number of hydrogen-bond acceptors (Lipinski definition) is 2. The molecule has 1 heterocycles. The molecule has 0 radical (unpaired) electrons. The molecule has 1 unspecified atom stereocenters. The number of rotatable bonds is 6. The smallest absolute Gasteiger partial charge is 0.134 e. The van der Waals surface area contributed by atoms with E-state index in [9.17, 15) is 0 Å². The molecule has 2 nitrogen and oxygen atoms in total. The topological polar surface area (TPSA) is 25.2 Å². The van der Waals surface area contributed by atoms with E-state index in [2.05, 4.69) is 50.4 Å². The summed E-state index contributed by atoms with van der Waals surface area (Å²) in [5.74, 6) is 1.03. The molecule has 1 aromatic carbocycles. The van der Waals surface area contributed by atoms with Crippen LogP contribution in [0.25, 0.3) is 11.0 Å². The first-order valence-electron chi connectivity index (χ1n) is 7.00. The fourth-order valence-corrected chi connectivity index (χ4v) is 2.23. The molecule has 98 valence electrons. The molecule has 2 heteroatoms. The Kier molecular flexibility index (Phi) is 4.43. The van der Waals surface area contributed by atoms with Crippen molar-refractivity contribution in [2.45, 2.75) is 46.1 Å². The van der Waals surface area contributed by atoms with Crippen LogP contribution < -0.4 is 5.32 Å². The van der Waals surface area contributed by atoms with Crippen molar-refractivity contribution in [1.29, 1.82) is 0 Å². The minimum Gasteiger partial charge on any atom is -0.459 e. The second kappa shape index (κ2) is 6.05. The molecule has 1 N–H and O–H groups in total. The highest BCUT2D eigenvalue weighted by molar-refractivity contribution is 5.78. The standard InChI is InChI=1S/C16H23NO/c1-4-6-13-7-8-15-14(10-13)11-16(18-15)12(3)17-9-5-2/h7-8,10-12,17H,4-6,9H2,1-3H3. The van der Waals surface area contributed by atoms with Crippen LogP contribution in [0.1, 0.15) is 51.0 Å². The Hall–Kier alpha value is -1.28. The van der Waals surface area contributed by atoms with Gasteiger partial charge in [0, 0.05) is 5.39 Å². The monoisotopic (exact) mass is 245 g/mol.